The smallest absolute Gasteiger partial charge is 0.255 e. The van der Waals surface area contributed by atoms with Crippen LogP contribution < -0.4 is 16.4 Å². The fraction of sp³-hybridized carbons (Fsp3) is 0.500. The molecule has 0 aromatic heterocycles. The molecule has 0 aliphatic heterocycles. The number of fused-ring (bicyclic) bond motifs is 3. The zero-order valence-corrected chi connectivity index (χ0v) is 23.6. The van der Waals surface area contributed by atoms with Crippen LogP contribution in [0.4, 0.5) is 5.69 Å². The van der Waals surface area contributed by atoms with E-state index >= 15 is 0 Å². The number of benzene rings is 1. The number of aliphatic hydroxyl groups is 4. The van der Waals surface area contributed by atoms with Crippen LogP contribution in [0.25, 0.3) is 5.76 Å². The molecule has 1 fully saturated rings. The number of hydrogen-bond acceptors (Lipinski definition) is 11. The average Bonchev–Trinajstić information content (AvgIpc) is 2.85. The summed E-state index contributed by atoms with van der Waals surface area (Å²) in [4.78, 5) is 53.2. The predicted octanol–water partition coefficient (Wildman–Crippen LogP) is -0.178. The minimum absolute atomic E-state index is 0.0580. The Balaban J connectivity index is 1.88. The minimum Gasteiger partial charge on any atom is -0.508 e. The average molecular weight is 573 g/mol. The van der Waals surface area contributed by atoms with Crippen molar-refractivity contribution in [3.05, 3.63) is 40.2 Å². The molecule has 0 bridgehead atoms. The highest BCUT2D eigenvalue weighted by molar-refractivity contribution is 6.24. The highest BCUT2D eigenvalue weighted by Gasteiger charge is 2.68. The number of nitrogens with two attached hydrogens (primary N) is 1. The fourth-order valence-corrected chi connectivity index (χ4v) is 6.26. The second-order valence-electron chi connectivity index (χ2n) is 12.1. The molecule has 4 rings (SSSR count). The summed E-state index contributed by atoms with van der Waals surface area (Å²) in [6.45, 7) is 7.16. The second kappa shape index (κ2) is 9.94. The van der Waals surface area contributed by atoms with Crippen molar-refractivity contribution in [2.75, 3.05) is 26.0 Å². The van der Waals surface area contributed by atoms with E-state index in [0.717, 1.165) is 0 Å². The lowest BCUT2D eigenvalue weighted by atomic mass is 9.54. The third kappa shape index (κ3) is 4.49. The summed E-state index contributed by atoms with van der Waals surface area (Å²) in [5.41, 5.74) is 0.547. The number of phenols is 1. The summed E-state index contributed by atoms with van der Waals surface area (Å²) in [5, 5.41) is 62.4. The van der Waals surface area contributed by atoms with Crippen molar-refractivity contribution in [1.82, 2.24) is 10.2 Å². The molecule has 9 N–H and O–H groups in total. The Morgan fingerprint density at radius 3 is 2.27 bits per heavy atom. The van der Waals surface area contributed by atoms with Crippen LogP contribution in [-0.4, -0.2) is 97.7 Å². The number of rotatable bonds is 5. The molecule has 0 radical (unpaired) electrons. The molecule has 2 unspecified atom stereocenters. The highest BCUT2D eigenvalue weighted by atomic mass is 16.4. The summed E-state index contributed by atoms with van der Waals surface area (Å²) < 4.78 is 0. The Morgan fingerprint density at radius 2 is 1.73 bits per heavy atom. The van der Waals surface area contributed by atoms with E-state index in [0.29, 0.717) is 5.56 Å². The van der Waals surface area contributed by atoms with Crippen LogP contribution >= 0.6 is 0 Å². The van der Waals surface area contributed by atoms with Gasteiger partial charge in [0.05, 0.1) is 35.9 Å². The molecule has 222 valence electrons. The maximum atomic E-state index is 14.0. The first-order chi connectivity index (χ1) is 18.9. The summed E-state index contributed by atoms with van der Waals surface area (Å²) in [6, 6.07) is 1.52. The number of nitrogens with one attached hydrogen (secondary N) is 2. The number of Topliss-reactive ketones (excluding diaryl/α,β-unsaturated/α-hetero) is 2. The number of aliphatic hydroxyl groups excluding tert-OH is 3. The van der Waals surface area contributed by atoms with Crippen LogP contribution in [0.2, 0.25) is 0 Å². The number of ketones is 2. The third-order valence-electron chi connectivity index (χ3n) is 8.18. The molecule has 2 amide bonds. The SMILES string of the molecule is C[C@H]1c2ccc(NC(=O)CNC(C)(C)C)c(O)c2C(O)=C2C(=O)[C@]3(O)C(O)=C(C(N)=O)C(=O)[C@@H](N(C)C)C3[C@@H](O)C21. The van der Waals surface area contributed by atoms with E-state index in [2.05, 4.69) is 10.6 Å². The maximum absolute atomic E-state index is 14.0. The van der Waals surface area contributed by atoms with Gasteiger partial charge in [0, 0.05) is 17.0 Å². The van der Waals surface area contributed by atoms with Gasteiger partial charge >= 0.3 is 0 Å². The quantitative estimate of drug-likeness (QED) is 0.171. The van der Waals surface area contributed by atoms with Crippen molar-refractivity contribution in [3.63, 3.8) is 0 Å². The predicted molar refractivity (Wildman–Crippen MR) is 147 cm³/mol. The van der Waals surface area contributed by atoms with Crippen molar-refractivity contribution < 1.29 is 44.7 Å². The molecule has 0 saturated heterocycles. The molecule has 13 nitrogen and oxygen atoms in total. The molecule has 1 aromatic rings. The van der Waals surface area contributed by atoms with Gasteiger partial charge in [0.15, 0.2) is 11.4 Å². The molecule has 1 saturated carbocycles. The van der Waals surface area contributed by atoms with Gasteiger partial charge in [-0.2, -0.15) is 0 Å². The van der Waals surface area contributed by atoms with Gasteiger partial charge in [-0.15, -0.1) is 0 Å². The van der Waals surface area contributed by atoms with E-state index in [1.807, 2.05) is 20.8 Å². The lowest BCUT2D eigenvalue weighted by Crippen LogP contribution is -2.70. The number of likely N-dealkylation sites (N-methyl/N-ethyl adjacent to an activating group) is 1. The van der Waals surface area contributed by atoms with E-state index in [1.165, 1.54) is 31.1 Å². The van der Waals surface area contributed by atoms with Crippen LogP contribution in [0.3, 0.4) is 0 Å². The Kier molecular flexibility index (Phi) is 7.32. The fourth-order valence-electron chi connectivity index (χ4n) is 6.26. The Hall–Kier alpha value is -3.78. The number of carbonyl (C=O) groups excluding carboxylic acids is 4. The van der Waals surface area contributed by atoms with Gasteiger partial charge in [0.25, 0.3) is 5.91 Å². The van der Waals surface area contributed by atoms with Crippen LogP contribution in [-0.2, 0) is 19.2 Å². The summed E-state index contributed by atoms with van der Waals surface area (Å²) in [6.07, 6.45) is -1.68. The van der Waals surface area contributed by atoms with E-state index in [9.17, 15) is 44.7 Å². The molecule has 3 aliphatic rings. The lowest BCUT2D eigenvalue weighted by molar-refractivity contribution is -0.169. The Labute approximate surface area is 236 Å². The maximum Gasteiger partial charge on any atom is 0.255 e. The van der Waals surface area contributed by atoms with E-state index < -0.39 is 87.3 Å². The lowest BCUT2D eigenvalue weighted by Gasteiger charge is -2.53. The number of carbonyl (C=O) groups is 4. The molecule has 6 atom stereocenters. The molecule has 0 heterocycles. The number of amides is 2. The molecular formula is C28H36N4O9. The number of hydrogen-bond donors (Lipinski definition) is 8. The molecule has 1 aromatic carbocycles. The van der Waals surface area contributed by atoms with Crippen molar-refractivity contribution in [1.29, 1.82) is 0 Å². The van der Waals surface area contributed by atoms with Crippen LogP contribution in [0.1, 0.15) is 44.7 Å². The standard InChI is InChI=1S/C28H36N4O9/c1-10-11-7-8-12(31-13(33)9-30-27(2,3)4)20(34)15(11)21(35)16-14(10)22(36)18-19(32(5)6)23(37)17(26(29)40)25(39)28(18,41)24(16)38/h7-8,10,14,18-19,22,30,34-36,39,41H,9H2,1-6H3,(H2,29,40)(H,31,33)/t10-,14?,18?,19-,22-,28-/m0/s1. The molecular weight excluding hydrogens is 536 g/mol. The second-order valence-corrected chi connectivity index (χ2v) is 12.1. The topological polar surface area (TPSA) is 223 Å². The molecule has 13 heteroatoms. The summed E-state index contributed by atoms with van der Waals surface area (Å²) in [7, 11) is 2.88. The van der Waals surface area contributed by atoms with Crippen molar-refractivity contribution in [2.45, 2.75) is 56.9 Å². The molecule has 41 heavy (non-hydrogen) atoms. The van der Waals surface area contributed by atoms with E-state index in [1.54, 1.807) is 6.92 Å². The molecule has 3 aliphatic carbocycles. The van der Waals surface area contributed by atoms with Crippen molar-refractivity contribution in [2.24, 2.45) is 17.6 Å². The minimum atomic E-state index is -3.00. The van der Waals surface area contributed by atoms with Gasteiger partial charge in [0.1, 0.15) is 22.8 Å². The highest BCUT2D eigenvalue weighted by Crippen LogP contribution is 2.56. The van der Waals surface area contributed by atoms with Crippen LogP contribution in [0, 0.1) is 11.8 Å². The Morgan fingerprint density at radius 1 is 1.12 bits per heavy atom. The number of aromatic hydroxyl groups is 1. The van der Waals surface area contributed by atoms with E-state index in [-0.39, 0.29) is 23.3 Å². The van der Waals surface area contributed by atoms with E-state index in [4.69, 9.17) is 5.73 Å². The van der Waals surface area contributed by atoms with Gasteiger partial charge in [0.2, 0.25) is 11.7 Å². The number of anilines is 1. The zero-order chi connectivity index (χ0) is 30.9. The Bertz CT molecular complexity index is 1420. The van der Waals surface area contributed by atoms with Gasteiger partial charge in [-0.1, -0.05) is 13.0 Å². The van der Waals surface area contributed by atoms with Gasteiger partial charge in [-0.25, -0.2) is 0 Å². The van der Waals surface area contributed by atoms with Crippen LogP contribution in [0.5, 0.6) is 5.75 Å². The first-order valence-corrected chi connectivity index (χ1v) is 13.1. The van der Waals surface area contributed by atoms with Crippen molar-refractivity contribution >= 4 is 34.8 Å². The summed E-state index contributed by atoms with van der Waals surface area (Å²) in [5.74, 6) is -10.3. The largest absolute Gasteiger partial charge is 0.508 e. The third-order valence-corrected chi connectivity index (χ3v) is 8.18. The van der Waals surface area contributed by atoms with Crippen LogP contribution in [0.15, 0.2) is 29.0 Å². The monoisotopic (exact) mass is 572 g/mol. The van der Waals surface area contributed by atoms with Gasteiger partial charge in [-0.3, -0.25) is 24.1 Å². The number of phenolic OH excluding ortho intramolecular Hbond substituents is 1. The number of nitrogens with zero attached hydrogens (tertiary/aromatic N) is 1. The first-order valence-electron chi connectivity index (χ1n) is 13.1. The zero-order valence-electron chi connectivity index (χ0n) is 23.6. The van der Waals surface area contributed by atoms with Crippen molar-refractivity contribution in [3.8, 4) is 5.75 Å². The summed E-state index contributed by atoms with van der Waals surface area (Å²) >= 11 is 0. The normalized spacial score (nSPS) is 29.7. The molecule has 0 spiro atoms. The van der Waals surface area contributed by atoms with Gasteiger partial charge < -0.3 is 41.9 Å². The van der Waals surface area contributed by atoms with Gasteiger partial charge in [-0.05, 0) is 52.4 Å². The number of primary amides is 1. The first kappa shape index (κ1) is 30.2.